The molecule has 0 spiro atoms. The summed E-state index contributed by atoms with van der Waals surface area (Å²) >= 11 is 0. The van der Waals surface area contributed by atoms with E-state index in [1.165, 1.54) is 27.8 Å². The van der Waals surface area contributed by atoms with E-state index < -0.39 is 0 Å². The fourth-order valence-corrected chi connectivity index (χ4v) is 4.58. The zero-order valence-corrected chi connectivity index (χ0v) is 17.9. The molecule has 1 aliphatic carbocycles. The number of ether oxygens (including phenoxy) is 1. The van der Waals surface area contributed by atoms with Crippen molar-refractivity contribution in [2.45, 2.75) is 39.0 Å². The van der Waals surface area contributed by atoms with Gasteiger partial charge in [-0.2, -0.15) is 0 Å². The summed E-state index contributed by atoms with van der Waals surface area (Å²) in [5, 5.41) is 0. The Labute approximate surface area is 180 Å². The summed E-state index contributed by atoms with van der Waals surface area (Å²) in [6.07, 6.45) is 9.22. The fraction of sp³-hybridized carbons (Fsp3) is 0.370. The van der Waals surface area contributed by atoms with Gasteiger partial charge in [-0.25, -0.2) is 0 Å². The van der Waals surface area contributed by atoms with Crippen LogP contribution in [-0.2, 0) is 9.53 Å². The summed E-state index contributed by atoms with van der Waals surface area (Å²) in [6.45, 7) is 5.59. The van der Waals surface area contributed by atoms with E-state index in [9.17, 15) is 4.79 Å². The molecular weight excluding hydrogens is 370 g/mol. The molecule has 156 valence electrons. The number of likely N-dealkylation sites (tertiary alicyclic amines) is 1. The number of carbonyl (C=O) groups excluding carboxylic acids is 1. The summed E-state index contributed by atoms with van der Waals surface area (Å²) in [6, 6.07) is 17.5. The Bertz CT molecular complexity index is 895. The molecule has 0 N–H and O–H groups in total. The summed E-state index contributed by atoms with van der Waals surface area (Å²) in [5.74, 6) is -0.0672. The van der Waals surface area contributed by atoms with Crippen molar-refractivity contribution in [3.8, 4) is 0 Å². The van der Waals surface area contributed by atoms with Crippen LogP contribution in [0, 0.1) is 0 Å². The Balaban J connectivity index is 1.46. The average molecular weight is 402 g/mol. The first-order chi connectivity index (χ1) is 14.8. The highest BCUT2D eigenvalue weighted by atomic mass is 16.5. The maximum Gasteiger partial charge on any atom is 0.305 e. The average Bonchev–Trinajstić information content (AvgIpc) is 2.94. The molecule has 1 saturated heterocycles. The van der Waals surface area contributed by atoms with Crippen molar-refractivity contribution in [2.75, 3.05) is 26.2 Å². The molecule has 3 nitrogen and oxygen atoms in total. The molecule has 1 heterocycles. The Hall–Kier alpha value is -2.65. The van der Waals surface area contributed by atoms with Crippen LogP contribution >= 0.6 is 0 Å². The molecule has 2 aromatic carbocycles. The van der Waals surface area contributed by atoms with Crippen molar-refractivity contribution in [1.82, 2.24) is 4.90 Å². The van der Waals surface area contributed by atoms with Gasteiger partial charge < -0.3 is 9.64 Å². The molecule has 0 atom stereocenters. The van der Waals surface area contributed by atoms with Crippen molar-refractivity contribution in [3.63, 3.8) is 0 Å². The van der Waals surface area contributed by atoms with Gasteiger partial charge in [-0.1, -0.05) is 66.3 Å². The summed E-state index contributed by atoms with van der Waals surface area (Å²) in [7, 11) is 0. The number of carbonyl (C=O) groups is 1. The number of benzene rings is 2. The van der Waals surface area contributed by atoms with Crippen LogP contribution in [0.25, 0.3) is 17.7 Å². The number of rotatable bonds is 6. The van der Waals surface area contributed by atoms with Crippen LogP contribution in [0.4, 0.5) is 0 Å². The van der Waals surface area contributed by atoms with Crippen LogP contribution in [0.15, 0.2) is 54.1 Å². The zero-order valence-electron chi connectivity index (χ0n) is 17.9. The van der Waals surface area contributed by atoms with E-state index in [0.29, 0.717) is 13.0 Å². The number of piperidine rings is 1. The fourth-order valence-electron chi connectivity index (χ4n) is 4.58. The third kappa shape index (κ3) is 4.73. The van der Waals surface area contributed by atoms with E-state index in [-0.39, 0.29) is 5.97 Å². The summed E-state index contributed by atoms with van der Waals surface area (Å²) in [4.78, 5) is 14.0. The second-order valence-corrected chi connectivity index (χ2v) is 8.09. The van der Waals surface area contributed by atoms with Crippen molar-refractivity contribution in [2.24, 2.45) is 0 Å². The molecule has 0 amide bonds. The van der Waals surface area contributed by atoms with Gasteiger partial charge in [-0.05, 0) is 67.0 Å². The molecular formula is C27H31NO2. The van der Waals surface area contributed by atoms with Crippen molar-refractivity contribution in [1.29, 1.82) is 0 Å². The Morgan fingerprint density at radius 1 is 0.900 bits per heavy atom. The highest BCUT2D eigenvalue weighted by molar-refractivity contribution is 5.94. The van der Waals surface area contributed by atoms with Gasteiger partial charge in [0.2, 0.25) is 0 Å². The first kappa shape index (κ1) is 20.6. The number of esters is 1. The molecule has 1 fully saturated rings. The lowest BCUT2D eigenvalue weighted by atomic mass is 9.86. The highest BCUT2D eigenvalue weighted by Crippen LogP contribution is 2.38. The summed E-state index contributed by atoms with van der Waals surface area (Å²) in [5.41, 5.74) is 8.33. The lowest BCUT2D eigenvalue weighted by Crippen LogP contribution is -2.32. The van der Waals surface area contributed by atoms with Gasteiger partial charge in [-0.15, -0.1) is 0 Å². The van der Waals surface area contributed by atoms with Crippen molar-refractivity contribution < 1.29 is 9.53 Å². The van der Waals surface area contributed by atoms with Gasteiger partial charge in [0.25, 0.3) is 0 Å². The Morgan fingerprint density at radius 2 is 1.50 bits per heavy atom. The topological polar surface area (TPSA) is 29.5 Å². The van der Waals surface area contributed by atoms with E-state index in [2.05, 4.69) is 65.6 Å². The SMILES string of the molecule is CCOC(=O)CCCCN1CCC(=C2c3ccccc3C=Cc3ccccc32)CC1. The van der Waals surface area contributed by atoms with Crippen LogP contribution in [0.1, 0.15) is 61.3 Å². The van der Waals surface area contributed by atoms with Crippen LogP contribution in [0.5, 0.6) is 0 Å². The van der Waals surface area contributed by atoms with Crippen molar-refractivity contribution >= 4 is 23.7 Å². The van der Waals surface area contributed by atoms with Crippen molar-refractivity contribution in [3.05, 3.63) is 76.4 Å². The van der Waals surface area contributed by atoms with Crippen LogP contribution in [0.2, 0.25) is 0 Å². The largest absolute Gasteiger partial charge is 0.466 e. The first-order valence-electron chi connectivity index (χ1n) is 11.2. The van der Waals surface area contributed by atoms with Gasteiger partial charge in [0.15, 0.2) is 0 Å². The molecule has 0 radical (unpaired) electrons. The van der Waals surface area contributed by atoms with Gasteiger partial charge in [0.1, 0.15) is 0 Å². The predicted molar refractivity (Wildman–Crippen MR) is 124 cm³/mol. The minimum atomic E-state index is -0.0672. The molecule has 0 aromatic heterocycles. The molecule has 0 bridgehead atoms. The molecule has 2 aliphatic rings. The number of fused-ring (bicyclic) bond motifs is 2. The number of hydrogen-bond acceptors (Lipinski definition) is 3. The van der Waals surface area contributed by atoms with Gasteiger partial charge >= 0.3 is 5.97 Å². The molecule has 3 heteroatoms. The van der Waals surface area contributed by atoms with E-state index in [4.69, 9.17) is 4.74 Å². The molecule has 0 unspecified atom stereocenters. The van der Waals surface area contributed by atoms with Gasteiger partial charge in [-0.3, -0.25) is 4.79 Å². The number of unbranched alkanes of at least 4 members (excludes halogenated alkanes) is 1. The quantitative estimate of drug-likeness (QED) is 0.386. The lowest BCUT2D eigenvalue weighted by Gasteiger charge is -2.30. The Kier molecular flexibility index (Phi) is 6.81. The molecule has 0 saturated carbocycles. The second kappa shape index (κ2) is 9.90. The predicted octanol–water partition coefficient (Wildman–Crippen LogP) is 5.80. The maximum atomic E-state index is 11.5. The Morgan fingerprint density at radius 3 is 2.10 bits per heavy atom. The molecule has 4 rings (SSSR count). The minimum absolute atomic E-state index is 0.0672. The smallest absolute Gasteiger partial charge is 0.305 e. The number of hydrogen-bond donors (Lipinski definition) is 0. The van der Waals surface area contributed by atoms with Crippen LogP contribution in [0.3, 0.4) is 0 Å². The van der Waals surface area contributed by atoms with E-state index in [1.54, 1.807) is 5.57 Å². The number of nitrogens with zero attached hydrogens (tertiary/aromatic N) is 1. The third-order valence-corrected chi connectivity index (χ3v) is 6.13. The minimum Gasteiger partial charge on any atom is -0.466 e. The normalized spacial score (nSPS) is 16.0. The van der Waals surface area contributed by atoms with E-state index in [0.717, 1.165) is 45.3 Å². The highest BCUT2D eigenvalue weighted by Gasteiger charge is 2.22. The monoisotopic (exact) mass is 401 g/mol. The molecule has 2 aromatic rings. The molecule has 1 aliphatic heterocycles. The summed E-state index contributed by atoms with van der Waals surface area (Å²) < 4.78 is 5.02. The van der Waals surface area contributed by atoms with Gasteiger partial charge in [0.05, 0.1) is 6.61 Å². The van der Waals surface area contributed by atoms with E-state index in [1.807, 2.05) is 6.92 Å². The third-order valence-electron chi connectivity index (χ3n) is 6.13. The second-order valence-electron chi connectivity index (χ2n) is 8.09. The van der Waals surface area contributed by atoms with Crippen LogP contribution < -0.4 is 0 Å². The zero-order chi connectivity index (χ0) is 20.8. The van der Waals surface area contributed by atoms with E-state index >= 15 is 0 Å². The molecule has 30 heavy (non-hydrogen) atoms. The lowest BCUT2D eigenvalue weighted by molar-refractivity contribution is -0.143. The standard InChI is InChI=1S/C27H31NO2/c1-2-30-26(29)13-7-8-18-28-19-16-23(17-20-28)27-24-11-5-3-9-21(24)14-15-22-10-4-6-12-25(22)27/h3-6,9-12,14-15H,2,7-8,13,16-20H2,1H3. The van der Waals surface area contributed by atoms with Crippen LogP contribution in [-0.4, -0.2) is 37.1 Å². The first-order valence-corrected chi connectivity index (χ1v) is 11.2. The maximum absolute atomic E-state index is 11.5. The van der Waals surface area contributed by atoms with Gasteiger partial charge in [0, 0.05) is 19.5 Å².